The van der Waals surface area contributed by atoms with Crippen LogP contribution in [0.3, 0.4) is 0 Å². The van der Waals surface area contributed by atoms with Crippen molar-refractivity contribution < 1.29 is 13.9 Å². The first-order valence-corrected chi connectivity index (χ1v) is 9.33. The van der Waals surface area contributed by atoms with Crippen molar-refractivity contribution in [1.82, 2.24) is 10.2 Å². The predicted octanol–water partition coefficient (Wildman–Crippen LogP) is 2.89. The molecule has 0 unspecified atom stereocenters. The first kappa shape index (κ1) is 15.9. The van der Waals surface area contributed by atoms with Gasteiger partial charge in [0.15, 0.2) is 5.76 Å². The van der Waals surface area contributed by atoms with E-state index in [1.807, 2.05) is 0 Å². The van der Waals surface area contributed by atoms with E-state index in [4.69, 9.17) is 9.15 Å². The van der Waals surface area contributed by atoms with Crippen molar-refractivity contribution in [2.24, 2.45) is 0 Å². The number of hydrogen-bond donors (Lipinski definition) is 1. The minimum Gasteiger partial charge on any atom is -0.459 e. The van der Waals surface area contributed by atoms with Crippen LogP contribution in [-0.4, -0.2) is 42.1 Å². The van der Waals surface area contributed by atoms with Crippen molar-refractivity contribution in [2.45, 2.75) is 37.5 Å². The molecule has 1 N–H and O–H groups in total. The average molecular weight is 346 g/mol. The van der Waals surface area contributed by atoms with Gasteiger partial charge >= 0.3 is 0 Å². The Hall–Kier alpha value is -1.63. The van der Waals surface area contributed by atoms with Gasteiger partial charge in [-0.05, 0) is 42.8 Å². The molecule has 1 spiro atoms. The maximum atomic E-state index is 12.2. The maximum absolute atomic E-state index is 12.2. The molecule has 0 saturated carbocycles. The summed E-state index contributed by atoms with van der Waals surface area (Å²) >= 11 is 1.80. The molecule has 2 fully saturated rings. The summed E-state index contributed by atoms with van der Waals surface area (Å²) in [5, 5.41) is 5.23. The molecule has 2 atom stereocenters. The van der Waals surface area contributed by atoms with E-state index >= 15 is 0 Å². The van der Waals surface area contributed by atoms with E-state index in [1.165, 1.54) is 11.1 Å². The van der Waals surface area contributed by atoms with Crippen LogP contribution in [-0.2, 0) is 11.3 Å². The van der Waals surface area contributed by atoms with Crippen molar-refractivity contribution in [1.29, 1.82) is 0 Å². The van der Waals surface area contributed by atoms with Crippen LogP contribution >= 0.6 is 11.3 Å². The van der Waals surface area contributed by atoms with Gasteiger partial charge < -0.3 is 14.5 Å². The SMILES string of the molecule is O=C(N[C@H]1CCO[C@]2(CCN(Cc3cccs3)C2)C1)c1ccco1. The lowest BCUT2D eigenvalue weighted by molar-refractivity contribution is -0.0793. The number of likely N-dealkylation sites (tertiary alicyclic amines) is 1. The summed E-state index contributed by atoms with van der Waals surface area (Å²) < 4.78 is 11.3. The van der Waals surface area contributed by atoms with Crippen molar-refractivity contribution in [3.8, 4) is 0 Å². The molecule has 24 heavy (non-hydrogen) atoms. The summed E-state index contributed by atoms with van der Waals surface area (Å²) in [5.41, 5.74) is -0.114. The van der Waals surface area contributed by atoms with Crippen LogP contribution in [0.4, 0.5) is 0 Å². The second-order valence-electron chi connectivity index (χ2n) is 6.71. The molecule has 4 rings (SSSR count). The highest BCUT2D eigenvalue weighted by Crippen LogP contribution is 2.35. The maximum Gasteiger partial charge on any atom is 0.287 e. The fourth-order valence-electron chi connectivity index (χ4n) is 3.79. The molecular formula is C18H22N2O3S. The summed E-state index contributed by atoms with van der Waals surface area (Å²) in [6.07, 6.45) is 4.30. The van der Waals surface area contributed by atoms with Crippen LogP contribution in [0.15, 0.2) is 40.3 Å². The number of thiophene rings is 1. The van der Waals surface area contributed by atoms with E-state index in [1.54, 1.807) is 23.5 Å². The minimum atomic E-state index is -0.129. The molecule has 2 saturated heterocycles. The van der Waals surface area contributed by atoms with E-state index in [0.717, 1.165) is 38.9 Å². The van der Waals surface area contributed by atoms with Gasteiger partial charge in [0.1, 0.15) is 0 Å². The summed E-state index contributed by atoms with van der Waals surface area (Å²) in [6, 6.07) is 7.87. The summed E-state index contributed by atoms with van der Waals surface area (Å²) in [7, 11) is 0. The Labute approximate surface area is 145 Å². The topological polar surface area (TPSA) is 54.7 Å². The number of rotatable bonds is 4. The third-order valence-electron chi connectivity index (χ3n) is 4.93. The minimum absolute atomic E-state index is 0.114. The van der Waals surface area contributed by atoms with E-state index < -0.39 is 0 Å². The molecule has 1 amide bonds. The van der Waals surface area contributed by atoms with Crippen molar-refractivity contribution >= 4 is 17.2 Å². The van der Waals surface area contributed by atoms with Crippen LogP contribution in [0.5, 0.6) is 0 Å². The zero-order valence-electron chi connectivity index (χ0n) is 13.6. The van der Waals surface area contributed by atoms with E-state index in [2.05, 4.69) is 27.7 Å². The lowest BCUT2D eigenvalue weighted by Crippen LogP contribution is -2.49. The number of furan rings is 1. The molecule has 0 bridgehead atoms. The highest BCUT2D eigenvalue weighted by molar-refractivity contribution is 7.09. The number of hydrogen-bond acceptors (Lipinski definition) is 5. The van der Waals surface area contributed by atoms with Crippen molar-refractivity contribution in [2.75, 3.05) is 19.7 Å². The molecular weight excluding hydrogens is 324 g/mol. The highest BCUT2D eigenvalue weighted by Gasteiger charge is 2.43. The van der Waals surface area contributed by atoms with Crippen LogP contribution in [0, 0.1) is 0 Å². The molecule has 2 aromatic rings. The Morgan fingerprint density at radius 2 is 2.38 bits per heavy atom. The molecule has 2 aliphatic heterocycles. The number of nitrogens with one attached hydrogen (secondary N) is 1. The molecule has 128 valence electrons. The Morgan fingerprint density at radius 1 is 1.42 bits per heavy atom. The van der Waals surface area contributed by atoms with Crippen LogP contribution in [0.2, 0.25) is 0 Å². The zero-order valence-corrected chi connectivity index (χ0v) is 14.4. The first-order valence-electron chi connectivity index (χ1n) is 8.46. The van der Waals surface area contributed by atoms with Gasteiger partial charge in [0.05, 0.1) is 11.9 Å². The molecule has 5 nitrogen and oxygen atoms in total. The third-order valence-corrected chi connectivity index (χ3v) is 5.79. The number of carbonyl (C=O) groups is 1. The number of nitrogens with zero attached hydrogens (tertiary/aromatic N) is 1. The van der Waals surface area contributed by atoms with E-state index in [-0.39, 0.29) is 17.6 Å². The molecule has 0 aromatic carbocycles. The fraction of sp³-hybridized carbons (Fsp3) is 0.500. The standard InChI is InChI=1S/C18H22N2O3S/c21-17(16-4-1-8-22-16)19-14-5-9-23-18(11-14)6-7-20(13-18)12-15-3-2-10-24-15/h1-4,8,10,14H,5-7,9,11-13H2,(H,19,21)/t14-,18+/m0/s1. The average Bonchev–Trinajstić information content (AvgIpc) is 3.31. The van der Waals surface area contributed by atoms with Gasteiger partial charge in [-0.25, -0.2) is 0 Å². The number of carbonyl (C=O) groups excluding carboxylic acids is 1. The van der Waals surface area contributed by atoms with Gasteiger partial charge in [-0.1, -0.05) is 6.07 Å². The van der Waals surface area contributed by atoms with Gasteiger partial charge in [0.2, 0.25) is 0 Å². The lowest BCUT2D eigenvalue weighted by atomic mass is 9.89. The monoisotopic (exact) mass is 346 g/mol. The second-order valence-corrected chi connectivity index (χ2v) is 7.74. The first-order chi connectivity index (χ1) is 11.7. The fourth-order valence-corrected chi connectivity index (χ4v) is 4.53. The summed E-state index contributed by atoms with van der Waals surface area (Å²) in [4.78, 5) is 16.1. The molecule has 2 aliphatic rings. The molecule has 6 heteroatoms. The Morgan fingerprint density at radius 3 is 3.17 bits per heavy atom. The smallest absolute Gasteiger partial charge is 0.287 e. The molecule has 0 aliphatic carbocycles. The Bertz CT molecular complexity index is 671. The predicted molar refractivity (Wildman–Crippen MR) is 92.1 cm³/mol. The van der Waals surface area contributed by atoms with Crippen LogP contribution < -0.4 is 5.32 Å². The third kappa shape index (κ3) is 3.41. The van der Waals surface area contributed by atoms with Gasteiger partial charge in [0.25, 0.3) is 5.91 Å². The van der Waals surface area contributed by atoms with E-state index in [9.17, 15) is 4.79 Å². The van der Waals surface area contributed by atoms with E-state index in [0.29, 0.717) is 12.4 Å². The summed E-state index contributed by atoms with van der Waals surface area (Å²) in [5.74, 6) is 0.247. The van der Waals surface area contributed by atoms with Gasteiger partial charge in [0, 0.05) is 37.2 Å². The Kier molecular flexibility index (Phi) is 4.43. The van der Waals surface area contributed by atoms with Crippen LogP contribution in [0.1, 0.15) is 34.7 Å². The molecule has 0 radical (unpaired) electrons. The molecule has 4 heterocycles. The normalized spacial score (nSPS) is 27.6. The van der Waals surface area contributed by atoms with Gasteiger partial charge in [-0.2, -0.15) is 0 Å². The highest BCUT2D eigenvalue weighted by atomic mass is 32.1. The van der Waals surface area contributed by atoms with Crippen LogP contribution in [0.25, 0.3) is 0 Å². The lowest BCUT2D eigenvalue weighted by Gasteiger charge is -2.38. The second kappa shape index (κ2) is 6.70. The van der Waals surface area contributed by atoms with Crippen molar-refractivity contribution in [3.05, 3.63) is 46.5 Å². The zero-order chi connectivity index (χ0) is 16.4. The molecule has 2 aromatic heterocycles. The van der Waals surface area contributed by atoms with Gasteiger partial charge in [-0.15, -0.1) is 11.3 Å². The van der Waals surface area contributed by atoms with Gasteiger partial charge in [-0.3, -0.25) is 9.69 Å². The largest absolute Gasteiger partial charge is 0.459 e. The summed E-state index contributed by atoms with van der Waals surface area (Å²) in [6.45, 7) is 3.69. The number of amides is 1. The van der Waals surface area contributed by atoms with Crippen molar-refractivity contribution in [3.63, 3.8) is 0 Å². The Balaban J connectivity index is 1.35. The number of ether oxygens (including phenoxy) is 1. The quantitative estimate of drug-likeness (QED) is 0.925.